The number of nitrogens with one attached hydrogen (secondary N) is 9. The Morgan fingerprint density at radius 1 is 0.397 bits per heavy atom. The summed E-state index contributed by atoms with van der Waals surface area (Å²) < 4.78 is 24.1. The first-order valence-corrected chi connectivity index (χ1v) is 44.3. The summed E-state index contributed by atoms with van der Waals surface area (Å²) in [7, 11) is 3.19. The number of aromatic nitrogens is 11. The zero-order valence-electron chi connectivity index (χ0n) is 68.6. The van der Waals surface area contributed by atoms with Crippen LogP contribution in [0.15, 0.2) is 246 Å². The Kier molecular flexibility index (Phi) is 27.0. The summed E-state index contributed by atoms with van der Waals surface area (Å²) >= 11 is 5.67. The number of carbonyl (C=O) groups excluding carboxylic acids is 4. The summed E-state index contributed by atoms with van der Waals surface area (Å²) in [6.45, 7) is 14.4. The number of anilines is 8. The lowest BCUT2D eigenvalue weighted by atomic mass is 10.2. The molecule has 16 aromatic rings. The number of aromatic amines is 1. The van der Waals surface area contributed by atoms with Crippen LogP contribution in [0.25, 0.3) is 70.2 Å². The predicted molar refractivity (Wildman–Crippen MR) is 498 cm³/mol. The molecule has 9 N–H and O–H groups in total. The molecule has 4 fully saturated rings. The summed E-state index contributed by atoms with van der Waals surface area (Å²) in [6.07, 6.45) is 17.3. The topological polar surface area (TPSA) is 355 Å². The van der Waals surface area contributed by atoms with Gasteiger partial charge >= 0.3 is 0 Å². The van der Waals surface area contributed by atoms with Gasteiger partial charge in [0.15, 0.2) is 22.3 Å². The number of para-hydroxylation sites is 3. The van der Waals surface area contributed by atoms with Crippen LogP contribution in [0.4, 0.5) is 45.5 Å². The van der Waals surface area contributed by atoms with Crippen LogP contribution in [0, 0.1) is 0 Å². The van der Waals surface area contributed by atoms with Crippen molar-refractivity contribution in [3.05, 3.63) is 264 Å². The van der Waals surface area contributed by atoms with Crippen LogP contribution in [0.1, 0.15) is 42.0 Å². The van der Waals surface area contributed by atoms with Crippen LogP contribution in [-0.2, 0) is 0 Å². The van der Waals surface area contributed by atoms with E-state index < -0.39 is 0 Å². The highest BCUT2D eigenvalue weighted by Gasteiger charge is 2.26. The molecular weight excluding hydrogens is 1670 g/mol. The molecule has 0 aliphatic carbocycles. The number of pyridine rings is 4. The minimum atomic E-state index is -0.274. The molecular formula is C91H87N23O8S4. The van der Waals surface area contributed by atoms with Crippen LogP contribution in [-0.4, -0.2) is 197 Å². The first-order valence-electron chi connectivity index (χ1n) is 40.8. The number of furan rings is 1. The predicted octanol–water partition coefficient (Wildman–Crippen LogP) is 14.7. The third kappa shape index (κ3) is 20.5. The zero-order chi connectivity index (χ0) is 85.9. The smallest absolute Gasteiger partial charge is 0.275 e. The van der Waals surface area contributed by atoms with E-state index >= 15 is 0 Å². The van der Waals surface area contributed by atoms with E-state index in [0.29, 0.717) is 72.8 Å². The average molecular weight is 1760 g/mol. The molecule has 0 saturated carbocycles. The van der Waals surface area contributed by atoms with E-state index in [-0.39, 0.29) is 23.6 Å². The van der Waals surface area contributed by atoms with Crippen molar-refractivity contribution in [1.82, 2.24) is 75.9 Å². The summed E-state index contributed by atoms with van der Waals surface area (Å²) in [5.74, 6) is 2.46. The van der Waals surface area contributed by atoms with Gasteiger partial charge in [-0.1, -0.05) is 54.6 Å². The third-order valence-corrected chi connectivity index (χ3v) is 24.4. The lowest BCUT2D eigenvalue weighted by Gasteiger charge is -2.30. The molecule has 126 heavy (non-hydrogen) atoms. The lowest BCUT2D eigenvalue weighted by Crippen LogP contribution is -2.43. The third-order valence-electron chi connectivity index (χ3n) is 20.9. The molecule has 5 aromatic carbocycles. The van der Waals surface area contributed by atoms with Crippen molar-refractivity contribution in [1.29, 1.82) is 0 Å². The maximum atomic E-state index is 13.0. The van der Waals surface area contributed by atoms with E-state index in [1.807, 2.05) is 152 Å². The number of carbonyl (C=O) groups is 4. The quantitative estimate of drug-likeness (QED) is 0.0323. The van der Waals surface area contributed by atoms with Crippen molar-refractivity contribution in [2.75, 3.05) is 160 Å². The molecule has 0 atom stereocenters. The van der Waals surface area contributed by atoms with Crippen molar-refractivity contribution in [2.45, 2.75) is 0 Å². The molecule has 0 bridgehead atoms. The number of amides is 4. The Morgan fingerprint density at radius 2 is 0.810 bits per heavy atom. The molecule has 4 aliphatic heterocycles. The number of thiazole rings is 4. The standard InChI is InChI=1S/C25H23N5O2S.C24H25N7O3S.C21H20N6OS.C21H19N5O2S/c31-24(28-21-16-27-11-10-23(21)30-14-12-26-13-15-30)22-17-33-25(29-22)18-6-8-20(9-7-18)32-19-4-2-1-3-5-19;1-33-21-4-3-17(11-22(21)34-2)31-14-16(12-27-31)24-29-19(15-35-24)23(32)28-18-13-26-6-5-20(18)30-9-7-25-8-10-30;28-20(25-17-12-23-6-5-19(17)27-9-7-22-8-10-27)18-13-29-21(26-18)16-11-14-3-1-2-4-15(14)24-16;27-20(24-15-12-23-6-5-17(15)26-9-7-22-8-10-26)16-13-29-21(25-16)19-11-14-3-1-2-4-18(14)28-19/h1-11,16-17,26H,12-15H2,(H,28,31);3-6,11-15,25H,7-10H2,1-2H3,(H,28,32);1-6,11-13,22,24H,7-10H2,(H,25,28);1-6,11-13,22H,7-10H2,(H,24,27). The molecule has 0 radical (unpaired) electrons. The van der Waals surface area contributed by atoms with E-state index in [9.17, 15) is 19.2 Å². The van der Waals surface area contributed by atoms with Crippen LogP contribution in [0.2, 0.25) is 0 Å². The second-order valence-corrected chi connectivity index (χ2v) is 32.5. The van der Waals surface area contributed by atoms with Crippen molar-refractivity contribution < 1.29 is 37.8 Å². The maximum Gasteiger partial charge on any atom is 0.275 e. The number of piperazine rings is 4. The van der Waals surface area contributed by atoms with Gasteiger partial charge in [-0.05, 0) is 97.1 Å². The monoisotopic (exact) mass is 1760 g/mol. The highest BCUT2D eigenvalue weighted by atomic mass is 32.1. The van der Waals surface area contributed by atoms with Crippen LogP contribution in [0.3, 0.4) is 0 Å². The fourth-order valence-corrected chi connectivity index (χ4v) is 17.6. The van der Waals surface area contributed by atoms with Gasteiger partial charge in [-0.3, -0.25) is 39.1 Å². The Labute approximate surface area is 740 Å². The SMILES string of the molecule is COc1ccc(-n2cc(-c3nc(C(=O)Nc4cnccc4N4CCNCC4)cs3)cn2)cc1OC.O=C(Nc1cnccc1N1CCNCC1)c1csc(-c2cc3ccccc3[nH]2)n1.O=C(Nc1cnccc1N1CCNCC1)c1csc(-c2cc3ccccc3o2)n1.O=C(Nc1cnccc1N1CCNCC1)c1csc(-c2ccc(Oc3ccccc3)cc2)n1. The summed E-state index contributed by atoms with van der Waals surface area (Å²) in [5, 5.41) is 41.9. The minimum Gasteiger partial charge on any atom is -0.493 e. The maximum absolute atomic E-state index is 13.0. The molecule has 4 amide bonds. The minimum absolute atomic E-state index is 0.229. The molecule has 4 aliphatic rings. The number of hydrogen-bond donors (Lipinski definition) is 9. The number of H-pyrrole nitrogens is 1. The van der Waals surface area contributed by atoms with Crippen molar-refractivity contribution in [2.24, 2.45) is 0 Å². The van der Waals surface area contributed by atoms with Crippen molar-refractivity contribution >= 4 is 136 Å². The van der Waals surface area contributed by atoms with Gasteiger partial charge in [0, 0.05) is 191 Å². The Hall–Kier alpha value is -14.2. The normalized spacial score (nSPS) is 13.9. The molecule has 20 rings (SSSR count). The lowest BCUT2D eigenvalue weighted by molar-refractivity contribution is 0.101. The van der Waals surface area contributed by atoms with E-state index in [2.05, 4.69) is 124 Å². The van der Waals surface area contributed by atoms with E-state index in [1.165, 1.54) is 45.3 Å². The molecule has 11 aromatic heterocycles. The Bertz CT molecular complexity index is 6160. The molecule has 638 valence electrons. The average Bonchev–Trinajstić information content (AvgIpc) is 1.65. The summed E-state index contributed by atoms with van der Waals surface area (Å²) in [5.41, 5.74) is 13.5. The van der Waals surface area contributed by atoms with E-state index in [4.69, 9.17) is 18.6 Å². The first kappa shape index (κ1) is 84.1. The number of benzene rings is 5. The zero-order valence-corrected chi connectivity index (χ0v) is 71.8. The molecule has 0 spiro atoms. The van der Waals surface area contributed by atoms with Gasteiger partial charge in [-0.2, -0.15) is 5.10 Å². The van der Waals surface area contributed by atoms with Gasteiger partial charge in [0.2, 0.25) is 0 Å². The Balaban J connectivity index is 0.000000119. The molecule has 15 heterocycles. The summed E-state index contributed by atoms with van der Waals surface area (Å²) in [6, 6.07) is 50.5. The molecule has 35 heteroatoms. The van der Waals surface area contributed by atoms with Crippen LogP contribution in [0.5, 0.6) is 23.0 Å². The number of nitrogens with zero attached hydrogens (tertiary/aromatic N) is 14. The fraction of sp³-hybridized carbons (Fsp3) is 0.198. The van der Waals surface area contributed by atoms with E-state index in [0.717, 1.165) is 193 Å². The number of methoxy groups -OCH3 is 2. The highest BCUT2D eigenvalue weighted by Crippen LogP contribution is 2.37. The van der Waals surface area contributed by atoms with Crippen LogP contribution >= 0.6 is 45.3 Å². The number of hydrogen-bond acceptors (Lipinski definition) is 29. The number of fused-ring (bicyclic) bond motifs is 2. The van der Waals surface area contributed by atoms with E-state index in [1.54, 1.807) is 96.2 Å². The number of rotatable bonds is 21. The Morgan fingerprint density at radius 3 is 1.28 bits per heavy atom. The van der Waals surface area contributed by atoms with Gasteiger partial charge in [-0.15, -0.1) is 45.3 Å². The van der Waals surface area contributed by atoms with Crippen LogP contribution < -0.4 is 76.3 Å². The second-order valence-electron chi connectivity index (χ2n) is 29.1. The van der Waals surface area contributed by atoms with Crippen molar-refractivity contribution in [3.63, 3.8) is 0 Å². The van der Waals surface area contributed by atoms with Gasteiger partial charge < -0.3 is 85.7 Å². The summed E-state index contributed by atoms with van der Waals surface area (Å²) in [4.78, 5) is 98.7. The molecule has 4 saturated heterocycles. The largest absolute Gasteiger partial charge is 0.493 e. The molecule has 31 nitrogen and oxygen atoms in total. The number of ether oxygens (including phenoxy) is 3. The first-order chi connectivity index (χ1) is 62.0. The molecule has 0 unspecified atom stereocenters. The van der Waals surface area contributed by atoms with Gasteiger partial charge in [-0.25, -0.2) is 24.6 Å². The second kappa shape index (κ2) is 40.4. The van der Waals surface area contributed by atoms with Crippen molar-refractivity contribution in [3.8, 4) is 71.3 Å². The van der Waals surface area contributed by atoms with Gasteiger partial charge in [0.05, 0.1) is 102 Å². The highest BCUT2D eigenvalue weighted by molar-refractivity contribution is 7.14. The van der Waals surface area contributed by atoms with Gasteiger partial charge in [0.25, 0.3) is 23.6 Å². The fourth-order valence-electron chi connectivity index (χ4n) is 14.5. The van der Waals surface area contributed by atoms with Gasteiger partial charge in [0.1, 0.15) is 54.9 Å².